The van der Waals surface area contributed by atoms with Crippen molar-refractivity contribution in [2.75, 3.05) is 23.9 Å². The van der Waals surface area contributed by atoms with Crippen molar-refractivity contribution in [3.05, 3.63) is 11.1 Å². The molecule has 1 aromatic rings. The van der Waals surface area contributed by atoms with Crippen LogP contribution in [0.2, 0.25) is 0 Å². The molecular formula is C9H14N2O2S2. The van der Waals surface area contributed by atoms with Crippen LogP contribution < -0.4 is 5.32 Å². The number of hydrogen-bond acceptors (Lipinski definition) is 5. The second-order valence-corrected chi connectivity index (χ2v) is 5.05. The van der Waals surface area contributed by atoms with Crippen molar-refractivity contribution in [3.8, 4) is 0 Å². The van der Waals surface area contributed by atoms with Crippen LogP contribution in [0.15, 0.2) is 5.38 Å². The minimum atomic E-state index is -0.975. The Balaban J connectivity index is 2.40. The number of nitrogens with zero attached hydrogens (tertiary/aromatic N) is 1. The molecule has 84 valence electrons. The van der Waals surface area contributed by atoms with E-state index in [9.17, 15) is 4.79 Å². The predicted octanol–water partition coefficient (Wildman–Crippen LogP) is 2.25. The lowest BCUT2D eigenvalue weighted by molar-refractivity contribution is 0.0691. The maximum absolute atomic E-state index is 10.6. The second-order valence-electron chi connectivity index (χ2n) is 3.28. The number of nitrogens with one attached hydrogen (secondary N) is 1. The average Bonchev–Trinajstić information content (AvgIpc) is 2.63. The summed E-state index contributed by atoms with van der Waals surface area (Å²) in [6, 6.07) is 0. The molecule has 15 heavy (non-hydrogen) atoms. The summed E-state index contributed by atoms with van der Waals surface area (Å²) < 4.78 is 0. The van der Waals surface area contributed by atoms with E-state index < -0.39 is 5.97 Å². The van der Waals surface area contributed by atoms with E-state index >= 15 is 0 Å². The third kappa shape index (κ3) is 4.09. The number of carboxylic acid groups (broad SMARTS) is 1. The van der Waals surface area contributed by atoms with E-state index in [0.717, 1.165) is 12.3 Å². The van der Waals surface area contributed by atoms with Crippen LogP contribution in [0.1, 0.15) is 17.4 Å². The number of hydrogen-bond donors (Lipinski definition) is 2. The van der Waals surface area contributed by atoms with Crippen LogP contribution in [0.4, 0.5) is 5.13 Å². The van der Waals surface area contributed by atoms with Gasteiger partial charge in [0.1, 0.15) is 0 Å². The highest BCUT2D eigenvalue weighted by molar-refractivity contribution is 7.98. The van der Waals surface area contributed by atoms with Crippen LogP contribution >= 0.6 is 23.1 Å². The fourth-order valence-corrected chi connectivity index (χ4v) is 2.44. The number of carbonyl (C=O) groups is 1. The SMILES string of the molecule is CSCC(C)CNc1nc(C(=O)O)cs1. The highest BCUT2D eigenvalue weighted by Gasteiger charge is 2.08. The Morgan fingerprint density at radius 2 is 2.53 bits per heavy atom. The molecule has 0 saturated carbocycles. The summed E-state index contributed by atoms with van der Waals surface area (Å²) in [5, 5.41) is 14.0. The van der Waals surface area contributed by atoms with Gasteiger partial charge in [-0.05, 0) is 17.9 Å². The van der Waals surface area contributed by atoms with Gasteiger partial charge in [-0.2, -0.15) is 11.8 Å². The van der Waals surface area contributed by atoms with Crippen molar-refractivity contribution in [1.29, 1.82) is 0 Å². The summed E-state index contributed by atoms with van der Waals surface area (Å²) in [7, 11) is 0. The molecule has 0 aliphatic rings. The van der Waals surface area contributed by atoms with Gasteiger partial charge in [0.05, 0.1) is 0 Å². The molecule has 6 heteroatoms. The van der Waals surface area contributed by atoms with Crippen LogP contribution in [0, 0.1) is 5.92 Å². The number of aromatic carboxylic acids is 1. The molecule has 0 fully saturated rings. The monoisotopic (exact) mass is 246 g/mol. The first kappa shape index (κ1) is 12.3. The van der Waals surface area contributed by atoms with E-state index in [2.05, 4.69) is 23.5 Å². The van der Waals surface area contributed by atoms with E-state index in [1.54, 1.807) is 17.1 Å². The van der Waals surface area contributed by atoms with Gasteiger partial charge >= 0.3 is 5.97 Å². The molecule has 1 aromatic heterocycles. The molecule has 1 rings (SSSR count). The van der Waals surface area contributed by atoms with Crippen molar-refractivity contribution in [1.82, 2.24) is 4.98 Å². The van der Waals surface area contributed by atoms with E-state index in [1.165, 1.54) is 11.3 Å². The lowest BCUT2D eigenvalue weighted by Crippen LogP contribution is -2.13. The number of aromatic nitrogens is 1. The third-order valence-electron chi connectivity index (χ3n) is 1.78. The summed E-state index contributed by atoms with van der Waals surface area (Å²) in [4.78, 5) is 14.5. The molecule has 1 atom stereocenters. The molecule has 1 heterocycles. The Bertz CT molecular complexity index is 328. The van der Waals surface area contributed by atoms with Gasteiger partial charge in [-0.25, -0.2) is 9.78 Å². The molecule has 1 unspecified atom stereocenters. The van der Waals surface area contributed by atoms with E-state index in [0.29, 0.717) is 11.0 Å². The third-order valence-corrected chi connectivity index (χ3v) is 3.48. The van der Waals surface area contributed by atoms with Crippen LogP contribution in [-0.2, 0) is 0 Å². The Hall–Kier alpha value is -0.750. The summed E-state index contributed by atoms with van der Waals surface area (Å²) in [6.07, 6.45) is 2.07. The number of thiazole rings is 1. The Morgan fingerprint density at radius 1 is 1.80 bits per heavy atom. The summed E-state index contributed by atoms with van der Waals surface area (Å²) in [5.74, 6) is 0.665. The second kappa shape index (κ2) is 5.97. The standard InChI is InChI=1S/C9H14N2O2S2/c1-6(4-14-2)3-10-9-11-7(5-15-9)8(12)13/h5-6H,3-4H2,1-2H3,(H,10,11)(H,12,13). The molecule has 0 saturated heterocycles. The van der Waals surface area contributed by atoms with E-state index in [4.69, 9.17) is 5.11 Å². The molecule has 0 aromatic carbocycles. The normalized spacial score (nSPS) is 12.4. The molecule has 0 aliphatic heterocycles. The Kier molecular flexibility index (Phi) is 4.90. The van der Waals surface area contributed by atoms with Gasteiger partial charge in [0, 0.05) is 11.9 Å². The zero-order valence-corrected chi connectivity index (χ0v) is 10.3. The first-order valence-electron chi connectivity index (χ1n) is 4.55. The Morgan fingerprint density at radius 3 is 3.07 bits per heavy atom. The van der Waals surface area contributed by atoms with Crippen molar-refractivity contribution >= 4 is 34.2 Å². The summed E-state index contributed by atoms with van der Waals surface area (Å²) in [6.45, 7) is 2.97. The van der Waals surface area contributed by atoms with Gasteiger partial charge in [0.15, 0.2) is 10.8 Å². The number of rotatable bonds is 6. The van der Waals surface area contributed by atoms with Crippen LogP contribution in [0.25, 0.3) is 0 Å². The minimum Gasteiger partial charge on any atom is -0.476 e. The zero-order chi connectivity index (χ0) is 11.3. The molecule has 2 N–H and O–H groups in total. The first-order chi connectivity index (χ1) is 7.13. The lowest BCUT2D eigenvalue weighted by Gasteiger charge is -2.09. The summed E-state index contributed by atoms with van der Waals surface area (Å²) in [5.41, 5.74) is 0.111. The van der Waals surface area contributed by atoms with Crippen molar-refractivity contribution < 1.29 is 9.90 Å². The summed E-state index contributed by atoms with van der Waals surface area (Å²) >= 11 is 3.13. The molecule has 0 spiro atoms. The highest BCUT2D eigenvalue weighted by atomic mass is 32.2. The van der Waals surface area contributed by atoms with Gasteiger partial charge in [0.2, 0.25) is 0 Å². The van der Waals surface area contributed by atoms with Gasteiger partial charge in [0.25, 0.3) is 0 Å². The van der Waals surface area contributed by atoms with Crippen LogP contribution in [0.5, 0.6) is 0 Å². The van der Waals surface area contributed by atoms with Crippen molar-refractivity contribution in [2.24, 2.45) is 5.92 Å². The molecule has 0 amide bonds. The minimum absolute atomic E-state index is 0.111. The van der Waals surface area contributed by atoms with Crippen molar-refractivity contribution in [3.63, 3.8) is 0 Å². The maximum Gasteiger partial charge on any atom is 0.355 e. The fourth-order valence-electron chi connectivity index (χ4n) is 1.06. The van der Waals surface area contributed by atoms with Gasteiger partial charge in [-0.1, -0.05) is 6.92 Å². The largest absolute Gasteiger partial charge is 0.476 e. The number of anilines is 1. The number of thioether (sulfide) groups is 1. The average molecular weight is 246 g/mol. The lowest BCUT2D eigenvalue weighted by atomic mass is 10.2. The van der Waals surface area contributed by atoms with E-state index in [1.807, 2.05) is 0 Å². The molecule has 4 nitrogen and oxygen atoms in total. The maximum atomic E-state index is 10.6. The topological polar surface area (TPSA) is 62.2 Å². The predicted molar refractivity (Wildman–Crippen MR) is 65.1 cm³/mol. The van der Waals surface area contributed by atoms with E-state index in [-0.39, 0.29) is 5.69 Å². The molecule has 0 bridgehead atoms. The highest BCUT2D eigenvalue weighted by Crippen LogP contribution is 2.16. The Labute approximate surface area is 97.1 Å². The van der Waals surface area contributed by atoms with Crippen LogP contribution in [0.3, 0.4) is 0 Å². The molecule has 0 radical (unpaired) electrons. The van der Waals surface area contributed by atoms with Gasteiger partial charge in [-0.3, -0.25) is 0 Å². The molecule has 0 aliphatic carbocycles. The smallest absolute Gasteiger partial charge is 0.355 e. The zero-order valence-electron chi connectivity index (χ0n) is 8.69. The van der Waals surface area contributed by atoms with Gasteiger partial charge in [-0.15, -0.1) is 11.3 Å². The molecular weight excluding hydrogens is 232 g/mol. The van der Waals surface area contributed by atoms with Crippen LogP contribution in [-0.4, -0.2) is 34.6 Å². The first-order valence-corrected chi connectivity index (χ1v) is 6.82. The quantitative estimate of drug-likeness (QED) is 0.806. The fraction of sp³-hybridized carbons (Fsp3) is 0.556. The van der Waals surface area contributed by atoms with Gasteiger partial charge < -0.3 is 10.4 Å². The number of carboxylic acids is 1. The van der Waals surface area contributed by atoms with Crippen molar-refractivity contribution in [2.45, 2.75) is 6.92 Å².